The molecular weight excluding hydrogens is 158 g/mol. The zero-order valence-electron chi connectivity index (χ0n) is 6.11. The molecule has 2 rings (SSSR count). The molecule has 4 nitrogen and oxygen atoms in total. The quantitative estimate of drug-likeness (QED) is 0.465. The Labute approximate surface area is 68.5 Å². The first-order chi connectivity index (χ1) is 5.62. The fraction of sp³-hybridized carbons (Fsp3) is 0.125. The molecular formula is C8H7NO3. The second-order valence-corrected chi connectivity index (χ2v) is 2.67. The molecule has 0 unspecified atom stereocenters. The zero-order chi connectivity index (χ0) is 8.77. The number of carbonyl (C=O) groups excluding carboxylic acids is 1. The minimum Gasteiger partial charge on any atom is -0.354 e. The van der Waals surface area contributed by atoms with E-state index in [9.17, 15) is 15.0 Å². The van der Waals surface area contributed by atoms with Gasteiger partial charge in [-0.3, -0.25) is 4.79 Å². The molecule has 62 valence electrons. The first kappa shape index (κ1) is 7.27. The molecule has 1 aliphatic rings. The number of rotatable bonds is 0. The Bertz CT molecular complexity index is 346. The van der Waals surface area contributed by atoms with E-state index in [-0.39, 0.29) is 5.56 Å². The number of aliphatic hydroxyl groups is 2. The molecule has 1 aromatic rings. The molecule has 0 bridgehead atoms. The van der Waals surface area contributed by atoms with Gasteiger partial charge in [0, 0.05) is 5.56 Å². The lowest BCUT2D eigenvalue weighted by Crippen LogP contribution is -2.33. The number of benzene rings is 1. The highest BCUT2D eigenvalue weighted by Gasteiger charge is 2.43. The number of anilines is 1. The first-order valence-corrected chi connectivity index (χ1v) is 3.48. The highest BCUT2D eigenvalue weighted by molar-refractivity contribution is 6.03. The highest BCUT2D eigenvalue weighted by Crippen LogP contribution is 2.32. The third-order valence-corrected chi connectivity index (χ3v) is 1.87. The number of hydrogen-bond acceptors (Lipinski definition) is 3. The molecule has 0 atom stereocenters. The summed E-state index contributed by atoms with van der Waals surface area (Å²) in [5.41, 5.74) is 0.655. The van der Waals surface area contributed by atoms with E-state index in [1.165, 1.54) is 6.07 Å². The monoisotopic (exact) mass is 165 g/mol. The summed E-state index contributed by atoms with van der Waals surface area (Å²) in [4.78, 5) is 10.9. The normalized spacial score (nSPS) is 18.7. The van der Waals surface area contributed by atoms with Crippen molar-refractivity contribution in [3.05, 3.63) is 29.8 Å². The third kappa shape index (κ3) is 0.760. The predicted molar refractivity (Wildman–Crippen MR) is 41.2 cm³/mol. The number of hydrogen-bond donors (Lipinski definition) is 3. The molecule has 0 radical (unpaired) electrons. The fourth-order valence-corrected chi connectivity index (χ4v) is 1.23. The van der Waals surface area contributed by atoms with Crippen LogP contribution in [0.1, 0.15) is 5.56 Å². The van der Waals surface area contributed by atoms with E-state index in [0.717, 1.165) is 0 Å². The molecule has 12 heavy (non-hydrogen) atoms. The second kappa shape index (κ2) is 2.06. The summed E-state index contributed by atoms with van der Waals surface area (Å²) >= 11 is 0. The molecule has 0 aromatic heterocycles. The van der Waals surface area contributed by atoms with E-state index in [1.807, 2.05) is 0 Å². The highest BCUT2D eigenvalue weighted by atomic mass is 16.5. The average molecular weight is 165 g/mol. The molecule has 4 heteroatoms. The summed E-state index contributed by atoms with van der Waals surface area (Å²) in [5, 5.41) is 20.9. The van der Waals surface area contributed by atoms with Crippen LogP contribution in [0.25, 0.3) is 0 Å². The van der Waals surface area contributed by atoms with Crippen LogP contribution >= 0.6 is 0 Å². The van der Waals surface area contributed by atoms with Crippen LogP contribution in [-0.4, -0.2) is 16.1 Å². The topological polar surface area (TPSA) is 69.6 Å². The maximum Gasteiger partial charge on any atom is 0.289 e. The van der Waals surface area contributed by atoms with E-state index in [1.54, 1.807) is 18.2 Å². The van der Waals surface area contributed by atoms with Crippen molar-refractivity contribution in [2.24, 2.45) is 0 Å². The van der Waals surface area contributed by atoms with Gasteiger partial charge in [-0.1, -0.05) is 18.2 Å². The van der Waals surface area contributed by atoms with Gasteiger partial charge in [0.1, 0.15) is 0 Å². The predicted octanol–water partition coefficient (Wildman–Crippen LogP) is -0.224. The third-order valence-electron chi connectivity index (χ3n) is 1.87. The van der Waals surface area contributed by atoms with Gasteiger partial charge in [0.15, 0.2) is 0 Å². The van der Waals surface area contributed by atoms with Crippen LogP contribution in [0.15, 0.2) is 24.3 Å². The summed E-state index contributed by atoms with van der Waals surface area (Å²) in [6.07, 6.45) is 0. The van der Waals surface area contributed by atoms with Crippen LogP contribution in [0.2, 0.25) is 0 Å². The van der Waals surface area contributed by atoms with E-state index >= 15 is 0 Å². The van der Waals surface area contributed by atoms with Crippen LogP contribution in [0.4, 0.5) is 5.69 Å². The van der Waals surface area contributed by atoms with E-state index in [4.69, 9.17) is 0 Å². The number of amides is 1. The van der Waals surface area contributed by atoms with Crippen molar-refractivity contribution in [2.75, 3.05) is 5.32 Å². The SMILES string of the molecule is O=C1Nc2ccccc2C1(O)O. The van der Waals surface area contributed by atoms with Gasteiger partial charge in [0.2, 0.25) is 0 Å². The Kier molecular flexibility index (Phi) is 1.25. The molecule has 3 N–H and O–H groups in total. The minimum atomic E-state index is -2.36. The Morgan fingerprint density at radius 2 is 1.92 bits per heavy atom. The van der Waals surface area contributed by atoms with Crippen molar-refractivity contribution < 1.29 is 15.0 Å². The van der Waals surface area contributed by atoms with E-state index < -0.39 is 11.7 Å². The summed E-state index contributed by atoms with van der Waals surface area (Å²) in [6.45, 7) is 0. The lowest BCUT2D eigenvalue weighted by Gasteiger charge is -2.11. The maximum atomic E-state index is 10.9. The van der Waals surface area contributed by atoms with Crippen molar-refractivity contribution in [1.82, 2.24) is 0 Å². The number of fused-ring (bicyclic) bond motifs is 1. The fourth-order valence-electron chi connectivity index (χ4n) is 1.23. The van der Waals surface area contributed by atoms with Gasteiger partial charge in [-0.15, -0.1) is 0 Å². The lowest BCUT2D eigenvalue weighted by molar-refractivity contribution is -0.180. The number of para-hydroxylation sites is 1. The van der Waals surface area contributed by atoms with Crippen molar-refractivity contribution in [3.63, 3.8) is 0 Å². The summed E-state index contributed by atoms with van der Waals surface area (Å²) in [5.74, 6) is -3.17. The molecule has 0 fully saturated rings. The lowest BCUT2D eigenvalue weighted by atomic mass is 10.1. The standard InChI is InChI=1S/C8H7NO3/c10-7-8(11,12)5-3-1-2-4-6(5)9-7/h1-4,11-12H,(H,9,10). The minimum absolute atomic E-state index is 0.204. The largest absolute Gasteiger partial charge is 0.354 e. The van der Waals surface area contributed by atoms with Gasteiger partial charge in [0.05, 0.1) is 5.69 Å². The molecule has 0 aliphatic carbocycles. The summed E-state index contributed by atoms with van der Waals surface area (Å²) < 4.78 is 0. The van der Waals surface area contributed by atoms with Gasteiger partial charge in [-0.2, -0.15) is 0 Å². The summed E-state index contributed by atoms with van der Waals surface area (Å²) in [7, 11) is 0. The summed E-state index contributed by atoms with van der Waals surface area (Å²) in [6, 6.07) is 6.45. The van der Waals surface area contributed by atoms with Crippen LogP contribution in [-0.2, 0) is 10.6 Å². The van der Waals surface area contributed by atoms with Gasteiger partial charge in [-0.05, 0) is 6.07 Å². The molecule has 1 amide bonds. The molecule has 1 aromatic carbocycles. The maximum absolute atomic E-state index is 10.9. The van der Waals surface area contributed by atoms with E-state index in [2.05, 4.69) is 5.32 Å². The van der Waals surface area contributed by atoms with Crippen molar-refractivity contribution in [3.8, 4) is 0 Å². The van der Waals surface area contributed by atoms with Crippen LogP contribution in [0, 0.1) is 0 Å². The van der Waals surface area contributed by atoms with Gasteiger partial charge in [0.25, 0.3) is 11.7 Å². The smallest absolute Gasteiger partial charge is 0.289 e. The van der Waals surface area contributed by atoms with Gasteiger partial charge >= 0.3 is 0 Å². The molecule has 1 aliphatic heterocycles. The zero-order valence-corrected chi connectivity index (χ0v) is 6.11. The molecule has 0 saturated carbocycles. The van der Waals surface area contributed by atoms with Crippen LogP contribution < -0.4 is 5.32 Å². The molecule has 0 spiro atoms. The average Bonchev–Trinajstić information content (AvgIpc) is 2.25. The van der Waals surface area contributed by atoms with Crippen molar-refractivity contribution in [1.29, 1.82) is 0 Å². The Morgan fingerprint density at radius 3 is 2.58 bits per heavy atom. The second-order valence-electron chi connectivity index (χ2n) is 2.67. The van der Waals surface area contributed by atoms with Crippen molar-refractivity contribution >= 4 is 11.6 Å². The van der Waals surface area contributed by atoms with Crippen LogP contribution in [0.3, 0.4) is 0 Å². The van der Waals surface area contributed by atoms with Crippen molar-refractivity contribution in [2.45, 2.75) is 5.79 Å². The Hall–Kier alpha value is -1.39. The Morgan fingerprint density at radius 1 is 1.25 bits per heavy atom. The molecule has 1 heterocycles. The van der Waals surface area contributed by atoms with Gasteiger partial charge in [-0.25, -0.2) is 0 Å². The van der Waals surface area contributed by atoms with E-state index in [0.29, 0.717) is 5.69 Å². The van der Waals surface area contributed by atoms with Crippen LogP contribution in [0.5, 0.6) is 0 Å². The first-order valence-electron chi connectivity index (χ1n) is 3.48. The van der Waals surface area contributed by atoms with Gasteiger partial charge < -0.3 is 15.5 Å². The molecule has 0 saturated heterocycles. The number of carbonyl (C=O) groups is 1. The number of nitrogens with one attached hydrogen (secondary N) is 1. The Balaban J connectivity index is 2.63.